The standard InChI is InChI=1S/C17H17N3O2S/c1-2-15-16(18-7-1)19-17(23-15)22-14-5-3-13(4-6-14)12-20-8-10-21-11-9-20/h1-7H,8-12H2. The maximum absolute atomic E-state index is 5.84. The Morgan fingerprint density at radius 2 is 1.96 bits per heavy atom. The smallest absolute Gasteiger partial charge is 0.281 e. The lowest BCUT2D eigenvalue weighted by molar-refractivity contribution is 0.0342. The van der Waals surface area contributed by atoms with Gasteiger partial charge in [0.05, 0.1) is 17.9 Å². The fourth-order valence-electron chi connectivity index (χ4n) is 2.57. The molecule has 0 spiro atoms. The molecule has 1 aliphatic heterocycles. The van der Waals surface area contributed by atoms with E-state index in [9.17, 15) is 0 Å². The van der Waals surface area contributed by atoms with Crippen LogP contribution >= 0.6 is 11.3 Å². The first-order valence-electron chi connectivity index (χ1n) is 7.65. The Morgan fingerprint density at radius 3 is 2.74 bits per heavy atom. The van der Waals surface area contributed by atoms with Gasteiger partial charge in [-0.1, -0.05) is 23.5 Å². The van der Waals surface area contributed by atoms with Crippen LogP contribution in [0.3, 0.4) is 0 Å². The van der Waals surface area contributed by atoms with E-state index in [4.69, 9.17) is 9.47 Å². The molecule has 1 aliphatic rings. The Kier molecular flexibility index (Phi) is 4.19. The number of pyridine rings is 1. The summed E-state index contributed by atoms with van der Waals surface area (Å²) in [5, 5.41) is 0.625. The minimum absolute atomic E-state index is 0.625. The zero-order chi connectivity index (χ0) is 15.5. The summed E-state index contributed by atoms with van der Waals surface area (Å²) in [5.41, 5.74) is 2.02. The average molecular weight is 327 g/mol. The lowest BCUT2D eigenvalue weighted by atomic mass is 10.2. The van der Waals surface area contributed by atoms with E-state index >= 15 is 0 Å². The molecule has 0 atom stereocenters. The molecular formula is C17H17N3O2S. The molecule has 0 amide bonds. The minimum atomic E-state index is 0.625. The monoisotopic (exact) mass is 327 g/mol. The van der Waals surface area contributed by atoms with Crippen molar-refractivity contribution in [2.24, 2.45) is 0 Å². The third-order valence-corrected chi connectivity index (χ3v) is 4.67. The van der Waals surface area contributed by atoms with Crippen LogP contribution in [0.4, 0.5) is 0 Å². The minimum Gasteiger partial charge on any atom is -0.431 e. The van der Waals surface area contributed by atoms with Gasteiger partial charge in [-0.25, -0.2) is 4.98 Å². The van der Waals surface area contributed by atoms with Crippen LogP contribution < -0.4 is 4.74 Å². The first-order chi connectivity index (χ1) is 11.4. The first kappa shape index (κ1) is 14.6. The van der Waals surface area contributed by atoms with Gasteiger partial charge in [-0.3, -0.25) is 4.90 Å². The van der Waals surface area contributed by atoms with Crippen LogP contribution in [-0.2, 0) is 11.3 Å². The van der Waals surface area contributed by atoms with E-state index in [2.05, 4.69) is 27.0 Å². The molecule has 1 saturated heterocycles. The van der Waals surface area contributed by atoms with Crippen molar-refractivity contribution in [2.45, 2.75) is 6.54 Å². The van der Waals surface area contributed by atoms with Crippen molar-refractivity contribution in [2.75, 3.05) is 26.3 Å². The molecular weight excluding hydrogens is 310 g/mol. The number of morpholine rings is 1. The van der Waals surface area contributed by atoms with E-state index < -0.39 is 0 Å². The summed E-state index contributed by atoms with van der Waals surface area (Å²) in [4.78, 5) is 11.0. The molecule has 0 N–H and O–H groups in total. The van der Waals surface area contributed by atoms with Crippen molar-refractivity contribution >= 4 is 21.7 Å². The molecule has 3 heterocycles. The highest BCUT2D eigenvalue weighted by Crippen LogP contribution is 2.30. The van der Waals surface area contributed by atoms with Gasteiger partial charge in [-0.05, 0) is 29.8 Å². The van der Waals surface area contributed by atoms with E-state index in [0.717, 1.165) is 48.9 Å². The van der Waals surface area contributed by atoms with Crippen molar-refractivity contribution in [1.82, 2.24) is 14.9 Å². The van der Waals surface area contributed by atoms with Crippen LogP contribution in [0.15, 0.2) is 42.6 Å². The number of nitrogens with zero attached hydrogens (tertiary/aromatic N) is 3. The molecule has 1 fully saturated rings. The Balaban J connectivity index is 1.43. The van der Waals surface area contributed by atoms with Gasteiger partial charge in [0.15, 0.2) is 5.65 Å². The normalized spacial score (nSPS) is 15.8. The lowest BCUT2D eigenvalue weighted by Gasteiger charge is -2.26. The number of aromatic nitrogens is 2. The SMILES string of the molecule is c1cnc2nc(Oc3ccc(CN4CCOCC4)cc3)sc2c1. The Bertz CT molecular complexity index is 749. The van der Waals surface area contributed by atoms with Crippen LogP contribution in [0.2, 0.25) is 0 Å². The summed E-state index contributed by atoms with van der Waals surface area (Å²) in [6, 6.07) is 12.1. The third kappa shape index (κ3) is 3.50. The summed E-state index contributed by atoms with van der Waals surface area (Å²) in [7, 11) is 0. The van der Waals surface area contributed by atoms with Gasteiger partial charge in [-0.15, -0.1) is 0 Å². The molecule has 118 valence electrons. The Morgan fingerprint density at radius 1 is 1.13 bits per heavy atom. The molecule has 23 heavy (non-hydrogen) atoms. The van der Waals surface area contributed by atoms with E-state index in [1.54, 1.807) is 6.20 Å². The number of hydrogen-bond donors (Lipinski definition) is 0. The van der Waals surface area contributed by atoms with E-state index in [-0.39, 0.29) is 0 Å². The van der Waals surface area contributed by atoms with E-state index in [1.165, 1.54) is 16.9 Å². The Labute approximate surface area is 138 Å². The van der Waals surface area contributed by atoms with Gasteiger partial charge in [0.25, 0.3) is 5.19 Å². The second-order valence-corrected chi connectivity index (χ2v) is 6.43. The molecule has 3 aromatic rings. The highest BCUT2D eigenvalue weighted by atomic mass is 32.1. The highest BCUT2D eigenvalue weighted by Gasteiger charge is 2.11. The predicted octanol–water partition coefficient (Wildman–Crippen LogP) is 3.32. The van der Waals surface area contributed by atoms with Crippen LogP contribution in [0.25, 0.3) is 10.3 Å². The quantitative estimate of drug-likeness (QED) is 0.736. The molecule has 0 aliphatic carbocycles. The molecule has 6 heteroatoms. The number of rotatable bonds is 4. The zero-order valence-corrected chi connectivity index (χ0v) is 13.5. The summed E-state index contributed by atoms with van der Waals surface area (Å²) in [6.07, 6.45) is 1.74. The van der Waals surface area contributed by atoms with Crippen molar-refractivity contribution in [3.63, 3.8) is 0 Å². The second-order valence-electron chi connectivity index (χ2n) is 5.44. The molecule has 0 unspecified atom stereocenters. The fourth-order valence-corrected chi connectivity index (χ4v) is 3.37. The van der Waals surface area contributed by atoms with Crippen LogP contribution in [0.1, 0.15) is 5.56 Å². The van der Waals surface area contributed by atoms with Crippen LogP contribution in [0.5, 0.6) is 10.9 Å². The lowest BCUT2D eigenvalue weighted by Crippen LogP contribution is -2.35. The van der Waals surface area contributed by atoms with Gasteiger partial charge >= 0.3 is 0 Å². The Hall–Kier alpha value is -2.02. The summed E-state index contributed by atoms with van der Waals surface area (Å²) in [6.45, 7) is 4.60. The van der Waals surface area contributed by atoms with Crippen LogP contribution in [-0.4, -0.2) is 41.2 Å². The number of hydrogen-bond acceptors (Lipinski definition) is 6. The largest absolute Gasteiger partial charge is 0.431 e. The maximum Gasteiger partial charge on any atom is 0.281 e. The maximum atomic E-state index is 5.84. The zero-order valence-electron chi connectivity index (χ0n) is 12.6. The first-order valence-corrected chi connectivity index (χ1v) is 8.47. The molecule has 1 aromatic carbocycles. The molecule has 5 nitrogen and oxygen atoms in total. The molecule has 0 bridgehead atoms. The molecule has 2 aromatic heterocycles. The number of fused-ring (bicyclic) bond motifs is 1. The van der Waals surface area contributed by atoms with E-state index in [0.29, 0.717) is 5.19 Å². The number of thiazole rings is 1. The van der Waals surface area contributed by atoms with E-state index in [1.807, 2.05) is 24.3 Å². The number of ether oxygens (including phenoxy) is 2. The van der Waals surface area contributed by atoms with Crippen molar-refractivity contribution in [3.05, 3.63) is 48.2 Å². The van der Waals surface area contributed by atoms with Gasteiger partial charge in [0.2, 0.25) is 0 Å². The topological polar surface area (TPSA) is 47.5 Å². The summed E-state index contributed by atoms with van der Waals surface area (Å²) >= 11 is 1.51. The molecule has 4 rings (SSSR count). The second kappa shape index (κ2) is 6.62. The van der Waals surface area contributed by atoms with Crippen molar-refractivity contribution in [3.8, 4) is 10.9 Å². The third-order valence-electron chi connectivity index (χ3n) is 3.78. The summed E-state index contributed by atoms with van der Waals surface area (Å²) in [5.74, 6) is 0.801. The molecule has 0 radical (unpaired) electrons. The molecule has 0 saturated carbocycles. The van der Waals surface area contributed by atoms with Gasteiger partial charge < -0.3 is 9.47 Å². The van der Waals surface area contributed by atoms with Gasteiger partial charge in [0, 0.05) is 25.8 Å². The fraction of sp³-hybridized carbons (Fsp3) is 0.294. The highest BCUT2D eigenvalue weighted by molar-refractivity contribution is 7.20. The van der Waals surface area contributed by atoms with Gasteiger partial charge in [-0.2, -0.15) is 4.98 Å². The van der Waals surface area contributed by atoms with Crippen molar-refractivity contribution < 1.29 is 9.47 Å². The van der Waals surface area contributed by atoms with Crippen LogP contribution in [0, 0.1) is 0 Å². The number of benzene rings is 1. The van der Waals surface area contributed by atoms with Crippen molar-refractivity contribution in [1.29, 1.82) is 0 Å². The predicted molar refractivity (Wildman–Crippen MR) is 90.0 cm³/mol. The van der Waals surface area contributed by atoms with Gasteiger partial charge in [0.1, 0.15) is 5.75 Å². The summed E-state index contributed by atoms with van der Waals surface area (Å²) < 4.78 is 12.3. The average Bonchev–Trinajstić information content (AvgIpc) is 3.00.